The molecule has 11 heteroatoms. The van der Waals surface area contributed by atoms with Gasteiger partial charge in [0, 0.05) is 11.1 Å². The van der Waals surface area contributed by atoms with Crippen LogP contribution in [0.2, 0.25) is 0 Å². The van der Waals surface area contributed by atoms with E-state index < -0.39 is 32.8 Å². The second-order valence-electron chi connectivity index (χ2n) is 10.2. The summed E-state index contributed by atoms with van der Waals surface area (Å²) in [5.41, 5.74) is 1.65. The smallest absolute Gasteiger partial charge is 0.408 e. The normalized spacial score (nSPS) is 12.5. The van der Waals surface area contributed by atoms with Gasteiger partial charge < -0.3 is 14.8 Å². The van der Waals surface area contributed by atoms with Crippen molar-refractivity contribution in [3.05, 3.63) is 77.7 Å². The fourth-order valence-electron chi connectivity index (χ4n) is 3.43. The van der Waals surface area contributed by atoms with Crippen LogP contribution in [-0.4, -0.2) is 47.1 Å². The van der Waals surface area contributed by atoms with Crippen LogP contribution in [0.3, 0.4) is 0 Å². The van der Waals surface area contributed by atoms with Gasteiger partial charge in [-0.05, 0) is 71.4 Å². The summed E-state index contributed by atoms with van der Waals surface area (Å²) in [6, 6.07) is 12.8. The molecule has 3 rings (SSSR count). The molecule has 0 spiro atoms. The quantitative estimate of drug-likeness (QED) is 0.266. The Labute approximate surface area is 228 Å². The van der Waals surface area contributed by atoms with E-state index in [1.54, 1.807) is 77.9 Å². The maximum absolute atomic E-state index is 12.4. The van der Waals surface area contributed by atoms with Crippen LogP contribution in [0.1, 0.15) is 64.4 Å². The summed E-state index contributed by atoms with van der Waals surface area (Å²) >= 11 is 0. The van der Waals surface area contributed by atoms with Crippen molar-refractivity contribution in [1.82, 2.24) is 15.3 Å². The maximum Gasteiger partial charge on any atom is 0.408 e. The lowest BCUT2D eigenvalue weighted by Gasteiger charge is -2.22. The molecule has 3 aromatic rings. The number of rotatable bonds is 7. The van der Waals surface area contributed by atoms with Crippen molar-refractivity contribution >= 4 is 27.7 Å². The number of hydrogen-bond donors (Lipinski definition) is 3. The van der Waals surface area contributed by atoms with Crippen molar-refractivity contribution in [1.29, 1.82) is 10.8 Å². The topological polar surface area (TPSA) is 155 Å². The molecule has 1 amide bonds. The third kappa shape index (κ3) is 7.70. The summed E-state index contributed by atoms with van der Waals surface area (Å²) in [6.45, 7) is 10.4. The van der Waals surface area contributed by atoms with E-state index in [2.05, 4.69) is 15.3 Å². The van der Waals surface area contributed by atoms with Gasteiger partial charge >= 0.3 is 6.09 Å². The molecule has 0 aliphatic carbocycles. The molecule has 0 saturated carbocycles. The predicted octanol–water partition coefficient (Wildman–Crippen LogP) is 5.28. The molecule has 10 nitrogen and oxygen atoms in total. The second-order valence-corrected chi connectivity index (χ2v) is 12.7. The number of sulfone groups is 1. The number of carbonyl (C=O) groups excluding carboxylic acids is 1. The molecule has 3 N–H and O–H groups in total. The van der Waals surface area contributed by atoms with Gasteiger partial charge in [0.05, 0.1) is 34.3 Å². The number of benzene rings is 2. The van der Waals surface area contributed by atoms with E-state index in [0.29, 0.717) is 16.8 Å². The van der Waals surface area contributed by atoms with Crippen molar-refractivity contribution in [2.24, 2.45) is 0 Å². The van der Waals surface area contributed by atoms with Crippen LogP contribution in [0.4, 0.5) is 4.79 Å². The Morgan fingerprint density at radius 1 is 0.974 bits per heavy atom. The van der Waals surface area contributed by atoms with Gasteiger partial charge in [-0.25, -0.2) is 18.2 Å². The average molecular weight is 552 g/mol. The monoisotopic (exact) mass is 551 g/mol. The van der Waals surface area contributed by atoms with E-state index in [-0.39, 0.29) is 22.4 Å². The number of nitrogens with one attached hydrogen (secondary N) is 3. The highest BCUT2D eigenvalue weighted by molar-refractivity contribution is 7.92. The van der Waals surface area contributed by atoms with Gasteiger partial charge in [0.2, 0.25) is 11.8 Å². The summed E-state index contributed by atoms with van der Waals surface area (Å²) < 4.78 is 35.5. The number of aromatic nitrogens is 2. The highest BCUT2D eigenvalue weighted by atomic mass is 32.2. The van der Waals surface area contributed by atoms with Crippen LogP contribution in [0.25, 0.3) is 11.3 Å². The minimum Gasteiger partial charge on any atom is -0.444 e. The molecular formula is C28H33N5O5S. The van der Waals surface area contributed by atoms with Gasteiger partial charge in [0.15, 0.2) is 9.84 Å². The van der Waals surface area contributed by atoms with Gasteiger partial charge in [-0.1, -0.05) is 24.3 Å². The molecule has 206 valence electrons. The molecule has 2 aromatic carbocycles. The predicted molar refractivity (Wildman–Crippen MR) is 149 cm³/mol. The van der Waals surface area contributed by atoms with Gasteiger partial charge in [-0.3, -0.25) is 15.8 Å². The van der Waals surface area contributed by atoms with Crippen molar-refractivity contribution in [2.45, 2.75) is 63.3 Å². The zero-order valence-electron chi connectivity index (χ0n) is 22.8. The number of ether oxygens (including phenoxy) is 2. The van der Waals surface area contributed by atoms with Crippen molar-refractivity contribution in [3.8, 4) is 11.3 Å². The molecule has 0 fully saturated rings. The first-order chi connectivity index (χ1) is 18.2. The summed E-state index contributed by atoms with van der Waals surface area (Å²) in [4.78, 5) is 20.9. The summed E-state index contributed by atoms with van der Waals surface area (Å²) in [5, 5.41) is 18.9. The minimum atomic E-state index is -3.40. The van der Waals surface area contributed by atoms with Gasteiger partial charge in [0.25, 0.3) is 0 Å². The van der Waals surface area contributed by atoms with Gasteiger partial charge in [-0.2, -0.15) is 0 Å². The highest BCUT2D eigenvalue weighted by Crippen LogP contribution is 2.22. The van der Waals surface area contributed by atoms with Crippen LogP contribution < -0.4 is 5.32 Å². The fraction of sp³-hybridized carbons (Fsp3) is 0.321. The van der Waals surface area contributed by atoms with Crippen LogP contribution in [0, 0.1) is 10.8 Å². The molecule has 39 heavy (non-hydrogen) atoms. The van der Waals surface area contributed by atoms with E-state index in [1.165, 1.54) is 24.5 Å². The summed E-state index contributed by atoms with van der Waals surface area (Å²) in [6.07, 6.45) is 2.29. The highest BCUT2D eigenvalue weighted by Gasteiger charge is 2.20. The largest absolute Gasteiger partial charge is 0.444 e. The lowest BCUT2D eigenvalue weighted by Crippen LogP contribution is -2.34. The third-order valence-electron chi connectivity index (χ3n) is 5.55. The average Bonchev–Trinajstić information content (AvgIpc) is 2.87. The third-order valence-corrected chi connectivity index (χ3v) is 7.72. The first kappa shape index (κ1) is 29.4. The standard InChI is InChI=1S/C28H33N5O5S/c1-17(2)39(35,36)22-12-10-19(11-13-22)23-15-31-16-24(33-23)26(30)37-25(29)21-9-7-8-20(14-21)18(3)32-27(34)38-28(4,5)6/h7-18,29-30H,1-6H3,(H,32,34). The molecule has 0 radical (unpaired) electrons. The van der Waals surface area contributed by atoms with Crippen molar-refractivity contribution in [2.75, 3.05) is 0 Å². The Bertz CT molecular complexity index is 1480. The minimum absolute atomic E-state index is 0.104. The van der Waals surface area contributed by atoms with Crippen LogP contribution >= 0.6 is 0 Å². The number of hydrogen-bond acceptors (Lipinski definition) is 9. The van der Waals surface area contributed by atoms with E-state index >= 15 is 0 Å². The zero-order chi connectivity index (χ0) is 29.0. The molecule has 1 heterocycles. The molecule has 1 aromatic heterocycles. The lowest BCUT2D eigenvalue weighted by molar-refractivity contribution is 0.0508. The van der Waals surface area contributed by atoms with E-state index in [1.807, 2.05) is 0 Å². The molecule has 1 unspecified atom stereocenters. The Morgan fingerprint density at radius 3 is 2.26 bits per heavy atom. The number of carbonyl (C=O) groups is 1. The van der Waals surface area contributed by atoms with Crippen LogP contribution in [0.5, 0.6) is 0 Å². The SMILES string of the molecule is CC(NC(=O)OC(C)(C)C)c1cccc(C(=N)OC(=N)c2cncc(-c3ccc(S(=O)(=O)C(C)C)cc3)n2)c1. The Hall–Kier alpha value is -4.12. The molecule has 0 bridgehead atoms. The van der Waals surface area contributed by atoms with E-state index in [0.717, 1.165) is 5.56 Å². The van der Waals surface area contributed by atoms with Crippen molar-refractivity contribution < 1.29 is 22.7 Å². The second kappa shape index (κ2) is 11.7. The van der Waals surface area contributed by atoms with Crippen LogP contribution in [-0.2, 0) is 19.3 Å². The Kier molecular flexibility index (Phi) is 8.85. The Balaban J connectivity index is 1.71. The van der Waals surface area contributed by atoms with Crippen molar-refractivity contribution in [3.63, 3.8) is 0 Å². The first-order valence-electron chi connectivity index (χ1n) is 12.3. The summed E-state index contributed by atoms with van der Waals surface area (Å²) in [7, 11) is -3.40. The fourth-order valence-corrected chi connectivity index (χ4v) is 4.49. The van der Waals surface area contributed by atoms with E-state index in [9.17, 15) is 13.2 Å². The van der Waals surface area contributed by atoms with E-state index in [4.69, 9.17) is 20.3 Å². The summed E-state index contributed by atoms with van der Waals surface area (Å²) in [5.74, 6) is -0.652. The Morgan fingerprint density at radius 2 is 1.64 bits per heavy atom. The van der Waals surface area contributed by atoms with Crippen LogP contribution in [0.15, 0.2) is 65.8 Å². The maximum atomic E-state index is 12.4. The molecule has 0 aliphatic rings. The lowest BCUT2D eigenvalue weighted by atomic mass is 10.1. The number of amides is 1. The number of nitrogens with zero attached hydrogens (tertiary/aromatic N) is 2. The zero-order valence-corrected chi connectivity index (χ0v) is 23.6. The molecule has 0 aliphatic heterocycles. The molecule has 1 atom stereocenters. The molecular weight excluding hydrogens is 518 g/mol. The number of alkyl carbamates (subject to hydrolysis) is 1. The first-order valence-corrected chi connectivity index (χ1v) is 13.8. The van der Waals surface area contributed by atoms with Gasteiger partial charge in [-0.15, -0.1) is 0 Å². The van der Waals surface area contributed by atoms with Gasteiger partial charge in [0.1, 0.15) is 11.3 Å². The molecule has 0 saturated heterocycles.